The maximum Gasteiger partial charge on any atom is 0.246 e. The first-order chi connectivity index (χ1) is 10.4. The Labute approximate surface area is 126 Å². The van der Waals surface area contributed by atoms with Crippen molar-refractivity contribution < 1.29 is 17.7 Å². The summed E-state index contributed by atoms with van der Waals surface area (Å²) in [5.41, 5.74) is 0.688. The second-order valence-electron chi connectivity index (χ2n) is 4.94. The highest BCUT2D eigenvalue weighted by Gasteiger charge is 2.37. The Bertz CT molecular complexity index is 789. The normalized spacial score (nSPS) is 18.9. The third-order valence-corrected chi connectivity index (χ3v) is 4.60. The van der Waals surface area contributed by atoms with E-state index in [9.17, 15) is 13.2 Å². The Morgan fingerprint density at radius 1 is 1.45 bits per heavy atom. The van der Waals surface area contributed by atoms with Gasteiger partial charge in [0, 0.05) is 30.9 Å². The summed E-state index contributed by atoms with van der Waals surface area (Å²) in [7, 11) is -3.74. The predicted molar refractivity (Wildman–Crippen MR) is 74.5 cm³/mol. The van der Waals surface area contributed by atoms with Gasteiger partial charge in [0.2, 0.25) is 27.6 Å². The van der Waals surface area contributed by atoms with E-state index in [4.69, 9.17) is 9.66 Å². The van der Waals surface area contributed by atoms with Crippen LogP contribution in [0.4, 0.5) is 0 Å². The molecule has 0 radical (unpaired) electrons. The molecule has 0 spiro atoms. The van der Waals surface area contributed by atoms with Crippen molar-refractivity contribution in [1.29, 1.82) is 0 Å². The molecule has 10 heteroatoms. The summed E-state index contributed by atoms with van der Waals surface area (Å²) in [6, 6.07) is 3.52. The van der Waals surface area contributed by atoms with Crippen molar-refractivity contribution in [3.63, 3.8) is 0 Å². The minimum Gasteiger partial charge on any atom is -0.337 e. The Kier molecular flexibility index (Phi) is 3.62. The van der Waals surface area contributed by atoms with E-state index in [0.717, 1.165) is 0 Å². The minimum absolute atomic E-state index is 0.0300. The third-order valence-electron chi connectivity index (χ3n) is 3.36. The number of rotatable bonds is 4. The Morgan fingerprint density at radius 3 is 2.91 bits per heavy atom. The number of pyridine rings is 1. The topological polar surface area (TPSA) is 132 Å². The largest absolute Gasteiger partial charge is 0.337 e. The van der Waals surface area contributed by atoms with Gasteiger partial charge in [-0.3, -0.25) is 9.78 Å². The van der Waals surface area contributed by atoms with Crippen LogP contribution in [0, 0.1) is 0 Å². The Hall–Kier alpha value is -2.33. The molecule has 1 amide bonds. The number of hydrogen-bond donors (Lipinski definition) is 1. The molecule has 2 aromatic rings. The van der Waals surface area contributed by atoms with Gasteiger partial charge in [0.05, 0.1) is 0 Å². The highest BCUT2D eigenvalue weighted by Crippen LogP contribution is 2.20. The summed E-state index contributed by atoms with van der Waals surface area (Å²) in [4.78, 5) is 21.3. The lowest BCUT2D eigenvalue weighted by Gasteiger charge is -2.12. The van der Waals surface area contributed by atoms with Crippen LogP contribution >= 0.6 is 0 Å². The molecule has 1 aliphatic heterocycles. The van der Waals surface area contributed by atoms with Crippen LogP contribution in [0.5, 0.6) is 0 Å². The fourth-order valence-electron chi connectivity index (χ4n) is 2.20. The van der Waals surface area contributed by atoms with Gasteiger partial charge in [-0.15, -0.1) is 0 Å². The van der Waals surface area contributed by atoms with Crippen LogP contribution in [0.25, 0.3) is 11.4 Å². The zero-order valence-electron chi connectivity index (χ0n) is 11.4. The molecule has 116 valence electrons. The van der Waals surface area contributed by atoms with Crippen molar-refractivity contribution in [3.05, 3.63) is 30.4 Å². The summed E-state index contributed by atoms with van der Waals surface area (Å²) < 4.78 is 27.7. The van der Waals surface area contributed by atoms with Crippen LogP contribution < -0.4 is 5.14 Å². The maximum atomic E-state index is 11.8. The number of likely N-dealkylation sites (tertiary alicyclic amines) is 1. The molecule has 3 rings (SSSR count). The number of sulfonamides is 1. The molecule has 0 aliphatic carbocycles. The second kappa shape index (κ2) is 5.46. The molecule has 1 fully saturated rings. The van der Waals surface area contributed by atoms with Crippen molar-refractivity contribution in [1.82, 2.24) is 20.0 Å². The van der Waals surface area contributed by atoms with Gasteiger partial charge >= 0.3 is 0 Å². The van der Waals surface area contributed by atoms with Gasteiger partial charge in [-0.2, -0.15) is 4.98 Å². The monoisotopic (exact) mass is 323 g/mol. The molecule has 2 N–H and O–H groups in total. The van der Waals surface area contributed by atoms with Crippen molar-refractivity contribution >= 4 is 15.9 Å². The number of aromatic nitrogens is 3. The van der Waals surface area contributed by atoms with E-state index in [1.807, 2.05) is 0 Å². The Balaban J connectivity index is 1.72. The van der Waals surface area contributed by atoms with E-state index < -0.39 is 15.3 Å². The number of carbonyl (C=O) groups is 1. The van der Waals surface area contributed by atoms with Gasteiger partial charge in [0.1, 0.15) is 11.8 Å². The van der Waals surface area contributed by atoms with Crippen molar-refractivity contribution in [3.8, 4) is 11.4 Å². The molecule has 0 saturated carbocycles. The van der Waals surface area contributed by atoms with Gasteiger partial charge in [-0.25, -0.2) is 13.6 Å². The average molecular weight is 323 g/mol. The maximum absolute atomic E-state index is 11.8. The first-order valence-electron chi connectivity index (χ1n) is 6.46. The van der Waals surface area contributed by atoms with E-state index >= 15 is 0 Å². The van der Waals surface area contributed by atoms with Gasteiger partial charge in [-0.05, 0) is 12.1 Å². The zero-order valence-corrected chi connectivity index (χ0v) is 12.2. The van der Waals surface area contributed by atoms with Gasteiger partial charge in [-0.1, -0.05) is 5.16 Å². The highest BCUT2D eigenvalue weighted by atomic mass is 32.2. The number of nitrogens with two attached hydrogens (primary N) is 1. The molecule has 0 bridgehead atoms. The summed E-state index contributed by atoms with van der Waals surface area (Å²) in [5, 5.41) is 8.00. The molecule has 2 aromatic heterocycles. The quantitative estimate of drug-likeness (QED) is 0.803. The van der Waals surface area contributed by atoms with Crippen LogP contribution in [0.3, 0.4) is 0 Å². The molecular formula is C12H13N5O4S. The molecule has 9 nitrogen and oxygen atoms in total. The lowest BCUT2D eigenvalue weighted by Crippen LogP contribution is -2.32. The number of carbonyl (C=O) groups excluding carboxylic acids is 1. The first kappa shape index (κ1) is 14.6. The van der Waals surface area contributed by atoms with Crippen LogP contribution in [0.2, 0.25) is 0 Å². The lowest BCUT2D eigenvalue weighted by atomic mass is 10.3. The standard InChI is InChI=1S/C12H13N5O4S/c13-22(19,20)9-4-11(18)17(6-9)7-10-15-12(16-21-10)8-2-1-3-14-5-8/h1-3,5,9H,4,6-7H2,(H2,13,19,20). The van der Waals surface area contributed by atoms with E-state index in [-0.39, 0.29) is 31.3 Å². The SMILES string of the molecule is NS(=O)(=O)C1CC(=O)N(Cc2nc(-c3cccnc3)no2)C1. The van der Waals surface area contributed by atoms with Crippen molar-refractivity contribution in [2.75, 3.05) is 6.54 Å². The van der Waals surface area contributed by atoms with Crippen LogP contribution in [0.1, 0.15) is 12.3 Å². The van der Waals surface area contributed by atoms with E-state index in [1.54, 1.807) is 24.5 Å². The fourth-order valence-corrected chi connectivity index (χ4v) is 2.97. The zero-order chi connectivity index (χ0) is 15.7. The number of nitrogens with zero attached hydrogens (tertiary/aromatic N) is 4. The molecule has 1 saturated heterocycles. The Morgan fingerprint density at radius 2 is 2.27 bits per heavy atom. The van der Waals surface area contributed by atoms with E-state index in [0.29, 0.717) is 11.4 Å². The first-order valence-corrected chi connectivity index (χ1v) is 8.07. The van der Waals surface area contributed by atoms with Crippen LogP contribution in [0.15, 0.2) is 29.0 Å². The van der Waals surface area contributed by atoms with Gasteiger partial charge < -0.3 is 9.42 Å². The summed E-state index contributed by atoms with van der Waals surface area (Å²) in [5.74, 6) is 0.278. The summed E-state index contributed by atoms with van der Waals surface area (Å²) >= 11 is 0. The molecule has 1 atom stereocenters. The molecular weight excluding hydrogens is 310 g/mol. The van der Waals surface area contributed by atoms with Crippen LogP contribution in [-0.2, 0) is 21.4 Å². The third kappa shape index (κ3) is 2.97. The molecule has 0 aromatic carbocycles. The number of primary sulfonamides is 1. The number of hydrogen-bond acceptors (Lipinski definition) is 7. The van der Waals surface area contributed by atoms with E-state index in [2.05, 4.69) is 15.1 Å². The molecule has 3 heterocycles. The van der Waals surface area contributed by atoms with Gasteiger partial charge in [0.25, 0.3) is 0 Å². The summed E-state index contributed by atoms with van der Waals surface area (Å²) in [6.07, 6.45) is 3.09. The number of amides is 1. The summed E-state index contributed by atoms with van der Waals surface area (Å²) in [6.45, 7) is 0.0837. The smallest absolute Gasteiger partial charge is 0.246 e. The van der Waals surface area contributed by atoms with E-state index in [1.165, 1.54) is 4.90 Å². The minimum atomic E-state index is -3.74. The second-order valence-corrected chi connectivity index (χ2v) is 6.79. The van der Waals surface area contributed by atoms with Gasteiger partial charge in [0.15, 0.2) is 0 Å². The van der Waals surface area contributed by atoms with Crippen LogP contribution in [-0.4, -0.2) is 46.1 Å². The molecule has 22 heavy (non-hydrogen) atoms. The lowest BCUT2D eigenvalue weighted by molar-refractivity contribution is -0.128. The van der Waals surface area contributed by atoms with Crippen molar-refractivity contribution in [2.45, 2.75) is 18.2 Å². The predicted octanol–water partition coefficient (Wildman–Crippen LogP) is -0.479. The molecule has 1 aliphatic rings. The highest BCUT2D eigenvalue weighted by molar-refractivity contribution is 7.89. The average Bonchev–Trinajstić information content (AvgIpc) is 3.08. The molecule has 1 unspecified atom stereocenters. The van der Waals surface area contributed by atoms with Crippen molar-refractivity contribution in [2.24, 2.45) is 5.14 Å². The fraction of sp³-hybridized carbons (Fsp3) is 0.333.